The van der Waals surface area contributed by atoms with Crippen molar-refractivity contribution < 1.29 is 23.1 Å². The van der Waals surface area contributed by atoms with E-state index < -0.39 is 33.9 Å². The van der Waals surface area contributed by atoms with E-state index in [-0.39, 0.29) is 36.2 Å². The zero-order valence-corrected chi connectivity index (χ0v) is 20.8. The summed E-state index contributed by atoms with van der Waals surface area (Å²) in [4.78, 5) is 28.1. The van der Waals surface area contributed by atoms with E-state index in [4.69, 9.17) is 5.73 Å². The molecular weight excluding hydrogens is 470 g/mol. The number of hydrogen-bond acceptors (Lipinski definition) is 6. The highest BCUT2D eigenvalue weighted by Gasteiger charge is 2.59. The quantitative estimate of drug-likeness (QED) is 0.462. The number of nitrogens with zero attached hydrogens (tertiary/aromatic N) is 2. The molecule has 3 amide bonds. The Morgan fingerprint density at radius 3 is 2.57 bits per heavy atom. The minimum Gasteiger partial charge on any atom is -0.389 e. The summed E-state index contributed by atoms with van der Waals surface area (Å²) in [6.07, 6.45) is 0.149. The van der Waals surface area contributed by atoms with Crippen LogP contribution in [0.5, 0.6) is 0 Å². The second-order valence-electron chi connectivity index (χ2n) is 9.34. The van der Waals surface area contributed by atoms with E-state index in [1.807, 2.05) is 30.1 Å². The van der Waals surface area contributed by atoms with Crippen LogP contribution in [0.3, 0.4) is 0 Å². The monoisotopic (exact) mass is 503 g/mol. The minimum absolute atomic E-state index is 0.0724. The lowest BCUT2D eigenvalue weighted by Crippen LogP contribution is -2.74. The average Bonchev–Trinajstić information content (AvgIpc) is 3.14. The molecule has 190 valence electrons. The normalized spacial score (nSPS) is 27.7. The van der Waals surface area contributed by atoms with Crippen molar-refractivity contribution >= 4 is 32.7 Å². The van der Waals surface area contributed by atoms with Gasteiger partial charge in [-0.2, -0.15) is 4.72 Å². The maximum absolute atomic E-state index is 13.9. The molecule has 4 atom stereocenters. The van der Waals surface area contributed by atoms with Crippen molar-refractivity contribution in [3.63, 3.8) is 0 Å². The van der Waals surface area contributed by atoms with Gasteiger partial charge in [0.15, 0.2) is 0 Å². The number of likely N-dealkylation sites (tertiary alicyclic amines) is 2. The summed E-state index contributed by atoms with van der Waals surface area (Å²) in [5.41, 5.74) is 3.74. The first-order valence-corrected chi connectivity index (χ1v) is 13.3. The number of aliphatic hydroxyl groups is 1. The summed E-state index contributed by atoms with van der Waals surface area (Å²) < 4.78 is 30.7. The zero-order chi connectivity index (χ0) is 25.4. The lowest BCUT2D eigenvalue weighted by Gasteiger charge is -2.52. The molecule has 2 fully saturated rings. The van der Waals surface area contributed by atoms with Crippen LogP contribution in [-0.4, -0.2) is 79.3 Å². The Morgan fingerprint density at radius 2 is 1.86 bits per heavy atom. The number of aliphatic hydroxyl groups excluding tert-OH is 1. The maximum Gasteiger partial charge on any atom is 0.312 e. The van der Waals surface area contributed by atoms with E-state index >= 15 is 0 Å². The number of rotatable bonds is 6. The number of carbonyl (C=O) groups is 2. The Hall–Kier alpha value is -2.73. The van der Waals surface area contributed by atoms with E-state index in [1.165, 1.54) is 11.0 Å². The molecule has 4 unspecified atom stereocenters. The van der Waals surface area contributed by atoms with Crippen LogP contribution >= 0.6 is 0 Å². The molecule has 4 rings (SSSR count). The first-order chi connectivity index (χ1) is 16.6. The van der Waals surface area contributed by atoms with Crippen molar-refractivity contribution in [2.45, 2.75) is 61.4 Å². The van der Waals surface area contributed by atoms with Crippen molar-refractivity contribution in [1.29, 1.82) is 0 Å². The SMILES string of the molecule is CCC(=O)N1CCC(O)C1(NS(=O)(=O)c1cccc2ccccc12)C1CC(NC(N)=O)CCN1C. The summed E-state index contributed by atoms with van der Waals surface area (Å²) in [7, 11) is -2.36. The van der Waals surface area contributed by atoms with Crippen LogP contribution in [0.15, 0.2) is 47.4 Å². The van der Waals surface area contributed by atoms with Gasteiger partial charge in [-0.1, -0.05) is 43.3 Å². The molecule has 0 radical (unpaired) electrons. The molecule has 10 nitrogen and oxygen atoms in total. The average molecular weight is 504 g/mol. The summed E-state index contributed by atoms with van der Waals surface area (Å²) in [5.74, 6) is -0.263. The number of hydrogen-bond donors (Lipinski definition) is 4. The smallest absolute Gasteiger partial charge is 0.312 e. The van der Waals surface area contributed by atoms with E-state index in [9.17, 15) is 23.1 Å². The molecule has 2 heterocycles. The number of likely N-dealkylation sites (N-methyl/N-ethyl adjacent to an activating group) is 1. The largest absolute Gasteiger partial charge is 0.389 e. The molecule has 0 spiro atoms. The van der Waals surface area contributed by atoms with Crippen LogP contribution in [-0.2, 0) is 14.8 Å². The second kappa shape index (κ2) is 9.73. The predicted molar refractivity (Wildman–Crippen MR) is 132 cm³/mol. The Labute approximate surface area is 205 Å². The van der Waals surface area contributed by atoms with E-state index in [1.54, 1.807) is 25.1 Å². The molecule has 2 saturated heterocycles. The number of nitrogens with one attached hydrogen (secondary N) is 2. The predicted octanol–water partition coefficient (Wildman–Crippen LogP) is 0.949. The lowest BCUT2D eigenvalue weighted by atomic mass is 9.85. The summed E-state index contributed by atoms with van der Waals surface area (Å²) in [5, 5.41) is 15.4. The van der Waals surface area contributed by atoms with Gasteiger partial charge < -0.3 is 21.1 Å². The van der Waals surface area contributed by atoms with Crippen LogP contribution in [0, 0.1) is 0 Å². The molecule has 5 N–H and O–H groups in total. The van der Waals surface area contributed by atoms with E-state index in [0.717, 1.165) is 5.39 Å². The minimum atomic E-state index is -4.19. The fourth-order valence-corrected chi connectivity index (χ4v) is 7.24. The Kier molecular flexibility index (Phi) is 7.05. The number of urea groups is 1. The number of carbonyl (C=O) groups excluding carboxylic acids is 2. The number of nitrogens with two attached hydrogens (primary N) is 1. The van der Waals surface area contributed by atoms with Crippen LogP contribution in [0.1, 0.15) is 32.6 Å². The van der Waals surface area contributed by atoms with Gasteiger partial charge in [-0.25, -0.2) is 13.2 Å². The number of primary amides is 1. The summed E-state index contributed by atoms with van der Waals surface area (Å²) in [6, 6.07) is 10.6. The highest BCUT2D eigenvalue weighted by atomic mass is 32.2. The molecular formula is C24H33N5O5S. The Morgan fingerprint density at radius 1 is 1.14 bits per heavy atom. The highest BCUT2D eigenvalue weighted by molar-refractivity contribution is 7.89. The van der Waals surface area contributed by atoms with Gasteiger partial charge in [0, 0.05) is 30.9 Å². The highest BCUT2D eigenvalue weighted by Crippen LogP contribution is 2.39. The number of amides is 3. The molecule has 0 saturated carbocycles. The van der Waals surface area contributed by atoms with Crippen molar-refractivity contribution in [1.82, 2.24) is 19.8 Å². The summed E-state index contributed by atoms with van der Waals surface area (Å²) >= 11 is 0. The van der Waals surface area contributed by atoms with Gasteiger partial charge in [-0.05, 0) is 37.8 Å². The molecule has 2 aliphatic rings. The molecule has 0 bridgehead atoms. The molecule has 11 heteroatoms. The number of piperidine rings is 1. The van der Waals surface area contributed by atoms with Gasteiger partial charge in [-0.3, -0.25) is 9.69 Å². The van der Waals surface area contributed by atoms with Crippen LogP contribution in [0.25, 0.3) is 10.8 Å². The van der Waals surface area contributed by atoms with Crippen molar-refractivity contribution in [3.05, 3.63) is 42.5 Å². The molecule has 0 aromatic heterocycles. The third kappa shape index (κ3) is 4.61. The van der Waals surface area contributed by atoms with Crippen molar-refractivity contribution in [2.75, 3.05) is 20.1 Å². The number of sulfonamides is 1. The fourth-order valence-electron chi connectivity index (χ4n) is 5.58. The van der Waals surface area contributed by atoms with Gasteiger partial charge in [0.05, 0.1) is 17.0 Å². The topological polar surface area (TPSA) is 145 Å². The van der Waals surface area contributed by atoms with Gasteiger partial charge in [0.1, 0.15) is 5.66 Å². The van der Waals surface area contributed by atoms with E-state index in [0.29, 0.717) is 24.8 Å². The Bertz CT molecular complexity index is 1220. The van der Waals surface area contributed by atoms with Crippen LogP contribution in [0.2, 0.25) is 0 Å². The third-order valence-electron chi connectivity index (χ3n) is 7.25. The summed E-state index contributed by atoms with van der Waals surface area (Å²) in [6.45, 7) is 2.44. The van der Waals surface area contributed by atoms with Gasteiger partial charge in [0.25, 0.3) is 0 Å². The molecule has 2 aromatic rings. The van der Waals surface area contributed by atoms with Gasteiger partial charge in [-0.15, -0.1) is 0 Å². The van der Waals surface area contributed by atoms with Gasteiger partial charge in [0.2, 0.25) is 15.9 Å². The van der Waals surface area contributed by atoms with Crippen LogP contribution < -0.4 is 15.8 Å². The second-order valence-corrected chi connectivity index (χ2v) is 11.0. The molecule has 0 aliphatic carbocycles. The third-order valence-corrected chi connectivity index (χ3v) is 8.78. The zero-order valence-electron chi connectivity index (χ0n) is 20.0. The first kappa shape index (κ1) is 25.4. The lowest BCUT2D eigenvalue weighted by molar-refractivity contribution is -0.144. The van der Waals surface area contributed by atoms with Crippen molar-refractivity contribution in [2.24, 2.45) is 5.73 Å². The fraction of sp³-hybridized carbons (Fsp3) is 0.500. The van der Waals surface area contributed by atoms with Crippen molar-refractivity contribution in [3.8, 4) is 0 Å². The Balaban J connectivity index is 1.83. The molecule has 35 heavy (non-hydrogen) atoms. The van der Waals surface area contributed by atoms with Crippen LogP contribution in [0.4, 0.5) is 4.79 Å². The van der Waals surface area contributed by atoms with E-state index in [2.05, 4.69) is 10.0 Å². The number of benzene rings is 2. The maximum atomic E-state index is 13.9. The molecule has 2 aromatic carbocycles. The van der Waals surface area contributed by atoms with Gasteiger partial charge >= 0.3 is 6.03 Å². The number of fused-ring (bicyclic) bond motifs is 1. The first-order valence-electron chi connectivity index (χ1n) is 11.9. The standard InChI is InChI=1S/C24H33N5O5S/c1-3-22(31)29-14-12-21(30)24(29,20-15-17(26-23(25)32)11-13-28(20)2)27-35(33,34)19-10-6-8-16-7-4-5-9-18(16)19/h4-10,17,20-21,27,30H,3,11-15H2,1-2H3,(H3,25,26,32). The molecule has 2 aliphatic heterocycles.